The van der Waals surface area contributed by atoms with Gasteiger partial charge in [0.25, 0.3) is 0 Å². The van der Waals surface area contributed by atoms with Crippen LogP contribution in [0.1, 0.15) is 64.1 Å². The van der Waals surface area contributed by atoms with Crippen molar-refractivity contribution >= 4 is 5.69 Å². The van der Waals surface area contributed by atoms with E-state index in [1.165, 1.54) is 50.0 Å². The monoisotopic (exact) mass is 288 g/mol. The van der Waals surface area contributed by atoms with Crippen LogP contribution in [-0.2, 0) is 6.42 Å². The van der Waals surface area contributed by atoms with Crippen LogP contribution in [-0.4, -0.2) is 19.6 Å². The summed E-state index contributed by atoms with van der Waals surface area (Å²) >= 11 is 0. The van der Waals surface area contributed by atoms with Crippen molar-refractivity contribution in [2.75, 3.05) is 24.5 Å². The van der Waals surface area contributed by atoms with Gasteiger partial charge in [0.05, 0.1) is 0 Å². The molecule has 2 atom stereocenters. The molecule has 2 rings (SSSR count). The van der Waals surface area contributed by atoms with Crippen molar-refractivity contribution < 1.29 is 0 Å². The molecule has 0 saturated carbocycles. The van der Waals surface area contributed by atoms with E-state index in [4.69, 9.17) is 0 Å². The van der Waals surface area contributed by atoms with E-state index in [0.717, 1.165) is 12.5 Å². The van der Waals surface area contributed by atoms with E-state index in [1.807, 2.05) is 0 Å². The average molecular weight is 288 g/mol. The highest BCUT2D eigenvalue weighted by molar-refractivity contribution is 5.57. The molecule has 1 aromatic rings. The molecule has 1 aliphatic heterocycles. The molecule has 1 aliphatic rings. The molecule has 0 radical (unpaired) electrons. The van der Waals surface area contributed by atoms with Crippen molar-refractivity contribution in [1.82, 2.24) is 5.32 Å². The van der Waals surface area contributed by atoms with E-state index >= 15 is 0 Å². The van der Waals surface area contributed by atoms with Crippen LogP contribution in [0, 0.1) is 5.92 Å². The van der Waals surface area contributed by atoms with E-state index in [2.05, 4.69) is 56.1 Å². The summed E-state index contributed by atoms with van der Waals surface area (Å²) in [4.78, 5) is 2.61. The van der Waals surface area contributed by atoms with Gasteiger partial charge in [0, 0.05) is 24.8 Å². The summed E-state index contributed by atoms with van der Waals surface area (Å²) < 4.78 is 0. The molecule has 0 fully saturated rings. The highest BCUT2D eigenvalue weighted by Crippen LogP contribution is 2.30. The molecule has 0 spiro atoms. The molecule has 0 aromatic heterocycles. The van der Waals surface area contributed by atoms with Crippen molar-refractivity contribution in [2.45, 2.75) is 59.4 Å². The van der Waals surface area contributed by atoms with Crippen LogP contribution in [0.3, 0.4) is 0 Å². The fraction of sp³-hybridized carbons (Fsp3) is 0.684. The van der Waals surface area contributed by atoms with Gasteiger partial charge in [-0.25, -0.2) is 0 Å². The number of anilines is 1. The van der Waals surface area contributed by atoms with Crippen LogP contribution in [0.2, 0.25) is 0 Å². The number of nitrogens with zero attached hydrogens (tertiary/aromatic N) is 1. The Labute approximate surface area is 130 Å². The Morgan fingerprint density at radius 1 is 1.24 bits per heavy atom. The van der Waals surface area contributed by atoms with Crippen LogP contribution < -0.4 is 10.2 Å². The molecule has 21 heavy (non-hydrogen) atoms. The Morgan fingerprint density at radius 3 is 2.76 bits per heavy atom. The van der Waals surface area contributed by atoms with Crippen LogP contribution in [0.4, 0.5) is 5.69 Å². The minimum atomic E-state index is 0.453. The van der Waals surface area contributed by atoms with Crippen LogP contribution >= 0.6 is 0 Å². The Bertz CT molecular complexity index is 441. The maximum absolute atomic E-state index is 3.52. The number of fused-ring (bicyclic) bond motifs is 1. The zero-order valence-electron chi connectivity index (χ0n) is 14.3. The highest BCUT2D eigenvalue weighted by atomic mass is 15.1. The number of rotatable bonds is 7. The summed E-state index contributed by atoms with van der Waals surface area (Å²) in [5, 5.41) is 3.52. The molecular formula is C19H32N2. The van der Waals surface area contributed by atoms with E-state index in [9.17, 15) is 0 Å². The smallest absolute Gasteiger partial charge is 0.0399 e. The summed E-state index contributed by atoms with van der Waals surface area (Å²) in [5.41, 5.74) is 4.46. The van der Waals surface area contributed by atoms with Crippen molar-refractivity contribution in [3.8, 4) is 0 Å². The fourth-order valence-corrected chi connectivity index (χ4v) is 3.54. The molecule has 1 N–H and O–H groups in total. The SMILES string of the molecule is CCCC(C)CN1CCCc2cc(C(C)NCC)ccc21. The van der Waals surface area contributed by atoms with Gasteiger partial charge in [0.1, 0.15) is 0 Å². The second-order valence-corrected chi connectivity index (χ2v) is 6.61. The predicted octanol–water partition coefficient (Wildman–Crippen LogP) is 4.55. The standard InChI is InChI=1S/C19H32N2/c1-5-8-15(3)14-21-12-7-9-18-13-17(10-11-19(18)21)16(4)20-6-2/h10-11,13,15-16,20H,5-9,12,14H2,1-4H3. The lowest BCUT2D eigenvalue weighted by Gasteiger charge is -2.34. The summed E-state index contributed by atoms with van der Waals surface area (Å²) in [7, 11) is 0. The minimum Gasteiger partial charge on any atom is -0.371 e. The van der Waals surface area contributed by atoms with Crippen molar-refractivity contribution in [2.24, 2.45) is 5.92 Å². The number of benzene rings is 1. The van der Waals surface area contributed by atoms with Gasteiger partial charge in [0.2, 0.25) is 0 Å². The van der Waals surface area contributed by atoms with Gasteiger partial charge in [-0.1, -0.05) is 39.3 Å². The number of hydrogen-bond donors (Lipinski definition) is 1. The molecule has 0 saturated heterocycles. The molecule has 2 heteroatoms. The van der Waals surface area contributed by atoms with E-state index < -0.39 is 0 Å². The fourth-order valence-electron chi connectivity index (χ4n) is 3.54. The number of nitrogens with one attached hydrogen (secondary N) is 1. The van der Waals surface area contributed by atoms with Gasteiger partial charge >= 0.3 is 0 Å². The second kappa shape index (κ2) is 7.84. The summed E-state index contributed by atoms with van der Waals surface area (Å²) in [5.74, 6) is 0.793. The van der Waals surface area contributed by atoms with Gasteiger partial charge in [-0.3, -0.25) is 0 Å². The molecule has 0 amide bonds. The Kier molecular flexibility index (Phi) is 6.10. The van der Waals surface area contributed by atoms with Crippen LogP contribution in [0.25, 0.3) is 0 Å². The topological polar surface area (TPSA) is 15.3 Å². The first-order valence-corrected chi connectivity index (χ1v) is 8.76. The van der Waals surface area contributed by atoms with E-state index in [-0.39, 0.29) is 0 Å². The summed E-state index contributed by atoms with van der Waals surface area (Å²) in [6, 6.07) is 7.56. The lowest BCUT2D eigenvalue weighted by molar-refractivity contribution is 0.502. The van der Waals surface area contributed by atoms with Crippen molar-refractivity contribution in [1.29, 1.82) is 0 Å². The first-order valence-electron chi connectivity index (χ1n) is 8.76. The molecule has 1 aromatic carbocycles. The van der Waals surface area contributed by atoms with Gasteiger partial charge in [0.15, 0.2) is 0 Å². The molecule has 118 valence electrons. The first-order chi connectivity index (χ1) is 10.2. The third kappa shape index (κ3) is 4.23. The summed E-state index contributed by atoms with van der Waals surface area (Å²) in [6.07, 6.45) is 5.16. The van der Waals surface area contributed by atoms with Crippen molar-refractivity contribution in [3.63, 3.8) is 0 Å². The Morgan fingerprint density at radius 2 is 2.05 bits per heavy atom. The van der Waals surface area contributed by atoms with E-state index in [1.54, 1.807) is 5.56 Å². The normalized spacial score (nSPS) is 17.4. The van der Waals surface area contributed by atoms with E-state index in [0.29, 0.717) is 6.04 Å². The maximum Gasteiger partial charge on any atom is 0.0399 e. The van der Waals surface area contributed by atoms with Crippen LogP contribution in [0.15, 0.2) is 18.2 Å². The number of aryl methyl sites for hydroxylation is 1. The zero-order valence-corrected chi connectivity index (χ0v) is 14.3. The van der Waals surface area contributed by atoms with Crippen molar-refractivity contribution in [3.05, 3.63) is 29.3 Å². The molecule has 2 unspecified atom stereocenters. The highest BCUT2D eigenvalue weighted by Gasteiger charge is 2.19. The lowest BCUT2D eigenvalue weighted by Crippen LogP contribution is -2.33. The zero-order chi connectivity index (χ0) is 15.2. The van der Waals surface area contributed by atoms with Gasteiger partial charge in [-0.15, -0.1) is 0 Å². The quantitative estimate of drug-likeness (QED) is 0.792. The average Bonchev–Trinajstić information content (AvgIpc) is 2.47. The predicted molar refractivity (Wildman–Crippen MR) is 93.1 cm³/mol. The van der Waals surface area contributed by atoms with Gasteiger partial charge < -0.3 is 10.2 Å². The molecule has 1 heterocycles. The Hall–Kier alpha value is -1.02. The first kappa shape index (κ1) is 16.4. The number of hydrogen-bond acceptors (Lipinski definition) is 2. The van der Waals surface area contributed by atoms with Gasteiger partial charge in [-0.05, 0) is 55.8 Å². The molecule has 0 aliphatic carbocycles. The minimum absolute atomic E-state index is 0.453. The summed E-state index contributed by atoms with van der Waals surface area (Å²) in [6.45, 7) is 12.6. The van der Waals surface area contributed by atoms with Crippen LogP contribution in [0.5, 0.6) is 0 Å². The third-order valence-electron chi connectivity index (χ3n) is 4.64. The molecule has 0 bridgehead atoms. The Balaban J connectivity index is 2.12. The van der Waals surface area contributed by atoms with Gasteiger partial charge in [-0.2, -0.15) is 0 Å². The maximum atomic E-state index is 3.52. The second-order valence-electron chi connectivity index (χ2n) is 6.61. The molecular weight excluding hydrogens is 256 g/mol. The third-order valence-corrected chi connectivity index (χ3v) is 4.64. The lowest BCUT2D eigenvalue weighted by atomic mass is 9.95. The largest absolute Gasteiger partial charge is 0.371 e. The molecule has 2 nitrogen and oxygen atoms in total.